The number of hydrogen-bond donors (Lipinski definition) is 3. The monoisotopic (exact) mass is 830 g/mol. The van der Waals surface area contributed by atoms with Crippen molar-refractivity contribution >= 4 is 11.9 Å². The Labute approximate surface area is 366 Å². The van der Waals surface area contributed by atoms with Gasteiger partial charge in [-0.25, -0.2) is 0 Å². The largest absolute Gasteiger partial charge is 0.466 e. The molecule has 0 radical (unpaired) electrons. The number of allylic oxidation sites excluding steroid dienone is 5. The average Bonchev–Trinajstić information content (AvgIpc) is 3.24. The van der Waals surface area contributed by atoms with Gasteiger partial charge in [-0.05, 0) is 51.4 Å². The molecule has 0 saturated heterocycles. The molecule has 0 fully saturated rings. The van der Waals surface area contributed by atoms with Gasteiger partial charge in [0, 0.05) is 12.8 Å². The third-order valence-corrected chi connectivity index (χ3v) is 11.7. The second kappa shape index (κ2) is 48.7. The van der Waals surface area contributed by atoms with Crippen molar-refractivity contribution in [2.75, 3.05) is 13.2 Å². The third-order valence-electron chi connectivity index (χ3n) is 11.7. The summed E-state index contributed by atoms with van der Waals surface area (Å²) in [5.74, 6) is -0.165. The Bertz CT molecular complexity index is 962. The summed E-state index contributed by atoms with van der Waals surface area (Å²) in [5, 5.41) is 22.9. The predicted molar refractivity (Wildman–Crippen MR) is 255 cm³/mol. The molecule has 3 N–H and O–H groups in total. The zero-order valence-electron chi connectivity index (χ0n) is 39.2. The Kier molecular flexibility index (Phi) is 47.2. The number of hydrogen-bond acceptors (Lipinski definition) is 5. The van der Waals surface area contributed by atoms with Crippen LogP contribution in [0.4, 0.5) is 0 Å². The number of unbranched alkanes of at least 4 members (excludes halogenated alkanes) is 32. The topological polar surface area (TPSA) is 95.9 Å². The van der Waals surface area contributed by atoms with Gasteiger partial charge in [0.1, 0.15) is 0 Å². The highest BCUT2D eigenvalue weighted by Gasteiger charge is 2.17. The van der Waals surface area contributed by atoms with E-state index in [0.717, 1.165) is 51.4 Å². The summed E-state index contributed by atoms with van der Waals surface area (Å²) >= 11 is 0. The lowest BCUT2D eigenvalue weighted by Gasteiger charge is -2.19. The van der Waals surface area contributed by atoms with Gasteiger partial charge in [0.25, 0.3) is 0 Å². The van der Waals surface area contributed by atoms with E-state index in [4.69, 9.17) is 4.74 Å². The van der Waals surface area contributed by atoms with Crippen LogP contribution in [0.25, 0.3) is 0 Å². The van der Waals surface area contributed by atoms with Crippen LogP contribution in [0.15, 0.2) is 36.5 Å². The number of aliphatic hydroxyl groups excluding tert-OH is 2. The number of rotatable bonds is 47. The number of amides is 1. The highest BCUT2D eigenvalue weighted by Crippen LogP contribution is 2.16. The Hall–Kier alpha value is -1.92. The molecule has 2 atom stereocenters. The lowest BCUT2D eigenvalue weighted by Crippen LogP contribution is -2.45. The van der Waals surface area contributed by atoms with E-state index in [1.54, 1.807) is 6.08 Å². The molecule has 0 aromatic rings. The highest BCUT2D eigenvalue weighted by atomic mass is 16.5. The van der Waals surface area contributed by atoms with Crippen LogP contribution in [0.2, 0.25) is 0 Å². The van der Waals surface area contributed by atoms with E-state index >= 15 is 0 Å². The molecule has 346 valence electrons. The van der Waals surface area contributed by atoms with Crippen molar-refractivity contribution in [2.45, 2.75) is 276 Å². The second-order valence-electron chi connectivity index (χ2n) is 17.5. The molecular weight excluding hydrogens is 731 g/mol. The summed E-state index contributed by atoms with van der Waals surface area (Å²) in [6, 6.07) is -0.670. The van der Waals surface area contributed by atoms with E-state index in [1.807, 2.05) is 12.2 Å². The number of ether oxygens (including phenoxy) is 1. The van der Waals surface area contributed by atoms with Crippen LogP contribution in [-0.4, -0.2) is 47.4 Å². The van der Waals surface area contributed by atoms with Crippen molar-refractivity contribution in [1.82, 2.24) is 5.32 Å². The Morgan fingerprint density at radius 1 is 0.475 bits per heavy atom. The maximum Gasteiger partial charge on any atom is 0.305 e. The van der Waals surface area contributed by atoms with E-state index in [9.17, 15) is 19.8 Å². The number of carbonyl (C=O) groups is 2. The van der Waals surface area contributed by atoms with Crippen LogP contribution in [0.3, 0.4) is 0 Å². The van der Waals surface area contributed by atoms with Crippen molar-refractivity contribution in [3.8, 4) is 0 Å². The van der Waals surface area contributed by atoms with Crippen LogP contribution < -0.4 is 5.32 Å². The van der Waals surface area contributed by atoms with Gasteiger partial charge in [0.2, 0.25) is 5.91 Å². The predicted octanol–water partition coefficient (Wildman–Crippen LogP) is 15.3. The maximum atomic E-state index is 12.3. The number of esters is 1. The fourth-order valence-corrected chi connectivity index (χ4v) is 7.68. The Morgan fingerprint density at radius 2 is 0.864 bits per heavy atom. The third kappa shape index (κ3) is 45.4. The molecule has 6 nitrogen and oxygen atoms in total. The van der Waals surface area contributed by atoms with Gasteiger partial charge < -0.3 is 20.3 Å². The molecule has 0 aliphatic carbocycles. The first kappa shape index (κ1) is 57.1. The summed E-state index contributed by atoms with van der Waals surface area (Å²) in [6.45, 7) is 4.82. The molecule has 0 aliphatic rings. The van der Waals surface area contributed by atoms with E-state index in [0.29, 0.717) is 25.9 Å². The molecule has 1 amide bonds. The van der Waals surface area contributed by atoms with E-state index in [1.165, 1.54) is 180 Å². The summed E-state index contributed by atoms with van der Waals surface area (Å²) in [5.41, 5.74) is 0. The Balaban J connectivity index is 3.53. The molecular formula is C53H99NO5. The smallest absolute Gasteiger partial charge is 0.305 e. The average molecular weight is 830 g/mol. The highest BCUT2D eigenvalue weighted by molar-refractivity contribution is 5.76. The van der Waals surface area contributed by atoms with Crippen molar-refractivity contribution < 1.29 is 24.5 Å². The number of carbonyl (C=O) groups excluding carboxylic acids is 2. The summed E-state index contributed by atoms with van der Waals surface area (Å²) < 4.78 is 5.46. The maximum absolute atomic E-state index is 12.3. The molecule has 0 aliphatic heterocycles. The molecule has 0 bridgehead atoms. The SMILES string of the molecule is CCCCCCCCCCC/C=C/C(O)C(CO)NC(=O)CC/C=C\C/C=C\CCCCCCCCOC(=O)CCCCCCCCCCCCCCCCCCCC. The van der Waals surface area contributed by atoms with Crippen molar-refractivity contribution in [3.05, 3.63) is 36.5 Å². The molecule has 0 spiro atoms. The summed E-state index contributed by atoms with van der Waals surface area (Å²) in [7, 11) is 0. The lowest BCUT2D eigenvalue weighted by molar-refractivity contribution is -0.143. The molecule has 0 rings (SSSR count). The van der Waals surface area contributed by atoms with Gasteiger partial charge in [-0.15, -0.1) is 0 Å². The van der Waals surface area contributed by atoms with Crippen LogP contribution in [0, 0.1) is 0 Å². The zero-order valence-corrected chi connectivity index (χ0v) is 39.2. The first-order valence-corrected chi connectivity index (χ1v) is 25.8. The minimum absolute atomic E-state index is 0.0150. The van der Waals surface area contributed by atoms with E-state index < -0.39 is 12.1 Å². The normalized spacial score (nSPS) is 12.9. The van der Waals surface area contributed by atoms with Gasteiger partial charge in [-0.3, -0.25) is 9.59 Å². The summed E-state index contributed by atoms with van der Waals surface area (Å²) in [6.07, 6.45) is 58.8. The van der Waals surface area contributed by atoms with Gasteiger partial charge in [0.05, 0.1) is 25.4 Å². The van der Waals surface area contributed by atoms with Gasteiger partial charge >= 0.3 is 5.97 Å². The first-order chi connectivity index (χ1) is 29.0. The van der Waals surface area contributed by atoms with Crippen molar-refractivity contribution in [2.24, 2.45) is 0 Å². The van der Waals surface area contributed by atoms with Crippen LogP contribution in [-0.2, 0) is 14.3 Å². The molecule has 59 heavy (non-hydrogen) atoms. The second-order valence-corrected chi connectivity index (χ2v) is 17.5. The van der Waals surface area contributed by atoms with Gasteiger partial charge in [-0.2, -0.15) is 0 Å². The number of aliphatic hydroxyl groups is 2. The minimum Gasteiger partial charge on any atom is -0.466 e. The lowest BCUT2D eigenvalue weighted by atomic mass is 10.0. The fourth-order valence-electron chi connectivity index (χ4n) is 7.68. The molecule has 0 aromatic carbocycles. The summed E-state index contributed by atoms with van der Waals surface area (Å²) in [4.78, 5) is 24.4. The Morgan fingerprint density at radius 3 is 1.32 bits per heavy atom. The van der Waals surface area contributed by atoms with Gasteiger partial charge in [-0.1, -0.05) is 237 Å². The fraction of sp³-hybridized carbons (Fsp3) is 0.849. The minimum atomic E-state index is -0.877. The van der Waals surface area contributed by atoms with Gasteiger partial charge in [0.15, 0.2) is 0 Å². The molecule has 0 heterocycles. The molecule has 0 aromatic heterocycles. The first-order valence-electron chi connectivity index (χ1n) is 25.8. The van der Waals surface area contributed by atoms with Crippen LogP contribution in [0.1, 0.15) is 264 Å². The quantitative estimate of drug-likeness (QED) is 0.0323. The van der Waals surface area contributed by atoms with Crippen molar-refractivity contribution in [1.29, 1.82) is 0 Å². The molecule has 0 saturated carbocycles. The standard InChI is InChI=1S/C53H99NO5/c1-3-5-7-9-11-13-15-16-17-18-19-20-23-27-31-35-39-43-47-53(58)59-48-44-40-36-32-28-24-21-22-26-30-34-38-42-46-52(57)54-50(49-55)51(56)45-41-37-33-29-25-14-12-10-8-6-4-2/h22,26,34,38,41,45,50-51,55-56H,3-21,23-25,27-33,35-37,39-40,42-44,46-49H2,1-2H3,(H,54,57)/b26-22-,38-34-,45-41+. The van der Waals surface area contributed by atoms with Crippen molar-refractivity contribution in [3.63, 3.8) is 0 Å². The van der Waals surface area contributed by atoms with Crippen LogP contribution in [0.5, 0.6) is 0 Å². The molecule has 6 heteroatoms. The van der Waals surface area contributed by atoms with E-state index in [-0.39, 0.29) is 18.5 Å². The number of nitrogens with one attached hydrogen (secondary N) is 1. The van der Waals surface area contributed by atoms with Crippen LogP contribution >= 0.6 is 0 Å². The molecule has 2 unspecified atom stereocenters. The van der Waals surface area contributed by atoms with E-state index in [2.05, 4.69) is 37.4 Å². The zero-order chi connectivity index (χ0) is 43.0.